The van der Waals surface area contributed by atoms with Gasteiger partial charge in [0, 0.05) is 0 Å². The summed E-state index contributed by atoms with van der Waals surface area (Å²) >= 11 is 0. The minimum absolute atomic E-state index is 0.885. The van der Waals surface area contributed by atoms with Gasteiger partial charge in [-0.3, -0.25) is 4.79 Å². The molecule has 0 heterocycles. The largest absolute Gasteiger partial charge is 0.481 e. The van der Waals surface area contributed by atoms with Gasteiger partial charge in [-0.25, -0.2) is 22.0 Å². The van der Waals surface area contributed by atoms with E-state index >= 15 is 0 Å². The molecule has 0 fully saturated rings. The maximum atomic E-state index is 13.5. The number of hydrogen-bond donors (Lipinski definition) is 0. The van der Waals surface area contributed by atoms with Crippen LogP contribution in [-0.2, 0) is 9.53 Å². The van der Waals surface area contributed by atoms with Gasteiger partial charge in [0.05, 0.1) is 6.42 Å². The molecule has 1 atom stereocenters. The average Bonchev–Trinajstić information content (AvgIpc) is 2.51. The summed E-state index contributed by atoms with van der Waals surface area (Å²) in [5, 5.41) is 0. The van der Waals surface area contributed by atoms with Crippen LogP contribution in [0.15, 0.2) is 23.2 Å². The number of hydrogen-bond acceptors (Lipinski definition) is 2. The molecule has 1 aliphatic carbocycles. The number of rotatable bonds is 7. The highest BCUT2D eigenvalue weighted by Gasteiger charge is 2.75. The minimum atomic E-state index is -6.73. The van der Waals surface area contributed by atoms with Gasteiger partial charge in [0.1, 0.15) is 5.83 Å². The normalized spacial score (nSPS) is 23.0. The molecule has 150 valence electrons. The van der Waals surface area contributed by atoms with Crippen LogP contribution in [0.25, 0.3) is 0 Å². The van der Waals surface area contributed by atoms with Crippen LogP contribution in [0, 0.1) is 0 Å². The summed E-state index contributed by atoms with van der Waals surface area (Å²) in [5.41, 5.74) is -3.86. The Kier molecular flexibility index (Phi) is 5.70. The van der Waals surface area contributed by atoms with E-state index in [2.05, 4.69) is 4.74 Å². The molecule has 1 aliphatic rings. The van der Waals surface area contributed by atoms with Crippen LogP contribution in [0.4, 0.5) is 52.7 Å². The van der Waals surface area contributed by atoms with Crippen molar-refractivity contribution in [2.75, 3.05) is 6.61 Å². The lowest BCUT2D eigenvalue weighted by molar-refractivity contribution is -0.344. The lowest BCUT2D eigenvalue weighted by Gasteiger charge is -2.32. The molecule has 2 nitrogen and oxygen atoms in total. The van der Waals surface area contributed by atoms with Gasteiger partial charge in [0.2, 0.25) is 11.5 Å². The zero-order valence-electron chi connectivity index (χ0n) is 11.9. The maximum absolute atomic E-state index is 13.5. The molecular formula is C12H6F12O2. The third-order valence-electron chi connectivity index (χ3n) is 3.15. The van der Waals surface area contributed by atoms with Crippen molar-refractivity contribution in [3.63, 3.8) is 0 Å². The number of carbonyl (C=O) groups is 1. The Labute approximate surface area is 136 Å². The van der Waals surface area contributed by atoms with Crippen molar-refractivity contribution in [1.29, 1.82) is 0 Å². The standard InChI is InChI=1S/C12H6F12O2/c13-4-1-9(18,2-25)7(15)5(14)6(4)26-3-10(19,20)12(23,24)11(21,22)8(16)17/h2,8H,1,3H2. The fourth-order valence-corrected chi connectivity index (χ4v) is 1.65. The molecular weight excluding hydrogens is 404 g/mol. The Bertz CT molecular complexity index is 638. The summed E-state index contributed by atoms with van der Waals surface area (Å²) in [6, 6.07) is 0. The van der Waals surface area contributed by atoms with Gasteiger partial charge in [-0.05, 0) is 0 Å². The van der Waals surface area contributed by atoms with Crippen molar-refractivity contribution in [2.45, 2.75) is 36.3 Å². The molecule has 0 aromatic rings. The molecule has 0 bridgehead atoms. The monoisotopic (exact) mass is 410 g/mol. The van der Waals surface area contributed by atoms with Crippen LogP contribution in [0.5, 0.6) is 0 Å². The molecule has 0 saturated carbocycles. The third kappa shape index (κ3) is 3.37. The van der Waals surface area contributed by atoms with Crippen molar-refractivity contribution in [2.24, 2.45) is 0 Å². The van der Waals surface area contributed by atoms with E-state index in [1.54, 1.807) is 0 Å². The fraction of sp³-hybridized carbons (Fsp3) is 0.583. The molecule has 1 unspecified atom stereocenters. The molecule has 0 aliphatic heterocycles. The van der Waals surface area contributed by atoms with Crippen LogP contribution in [0.1, 0.15) is 6.42 Å². The van der Waals surface area contributed by atoms with Gasteiger partial charge in [-0.15, -0.1) is 0 Å². The van der Waals surface area contributed by atoms with E-state index < -0.39 is 72.4 Å². The number of carbonyl (C=O) groups excluding carboxylic acids is 1. The van der Waals surface area contributed by atoms with Crippen molar-refractivity contribution >= 4 is 6.29 Å². The lowest BCUT2D eigenvalue weighted by Crippen LogP contribution is -2.59. The highest BCUT2D eigenvalue weighted by molar-refractivity contribution is 5.70. The van der Waals surface area contributed by atoms with Crippen molar-refractivity contribution in [3.05, 3.63) is 23.2 Å². The van der Waals surface area contributed by atoms with Crippen LogP contribution in [0.3, 0.4) is 0 Å². The predicted molar refractivity (Wildman–Crippen MR) is 58.7 cm³/mol. The summed E-state index contributed by atoms with van der Waals surface area (Å²) in [6.07, 6.45) is -8.02. The quantitative estimate of drug-likeness (QED) is 0.445. The number of aldehydes is 1. The first-order chi connectivity index (χ1) is 11.5. The molecule has 14 heteroatoms. The van der Waals surface area contributed by atoms with Gasteiger partial charge in [-0.1, -0.05) is 0 Å². The first-order valence-corrected chi connectivity index (χ1v) is 6.19. The van der Waals surface area contributed by atoms with E-state index in [0.29, 0.717) is 0 Å². The SMILES string of the molecule is O=CC1(F)CC(F)=C(OCC(F)(F)C(F)(F)C(F)(F)C(F)F)C(F)=C1F. The van der Waals surface area contributed by atoms with Crippen LogP contribution >= 0.6 is 0 Å². The van der Waals surface area contributed by atoms with Gasteiger partial charge in [0.25, 0.3) is 0 Å². The summed E-state index contributed by atoms with van der Waals surface area (Å²) in [6.45, 7) is -2.99. The van der Waals surface area contributed by atoms with Gasteiger partial charge in [-0.2, -0.15) is 30.7 Å². The van der Waals surface area contributed by atoms with Crippen molar-refractivity contribution in [1.82, 2.24) is 0 Å². The van der Waals surface area contributed by atoms with Crippen LogP contribution in [-0.4, -0.2) is 42.8 Å². The van der Waals surface area contributed by atoms with Crippen molar-refractivity contribution < 1.29 is 62.2 Å². The van der Waals surface area contributed by atoms with E-state index in [1.165, 1.54) is 0 Å². The summed E-state index contributed by atoms with van der Waals surface area (Å²) < 4.78 is 158. The van der Waals surface area contributed by atoms with E-state index in [0.717, 1.165) is 0 Å². The Hall–Kier alpha value is -1.89. The van der Waals surface area contributed by atoms with Gasteiger partial charge in [0.15, 0.2) is 24.5 Å². The smallest absolute Gasteiger partial charge is 0.381 e. The Morgan fingerprint density at radius 2 is 1.58 bits per heavy atom. The molecule has 0 amide bonds. The maximum Gasteiger partial charge on any atom is 0.381 e. The number of ether oxygens (including phenoxy) is 1. The second-order valence-corrected chi connectivity index (χ2v) is 5.01. The van der Waals surface area contributed by atoms with E-state index in [1.807, 2.05) is 0 Å². The predicted octanol–water partition coefficient (Wildman–Crippen LogP) is 4.82. The van der Waals surface area contributed by atoms with E-state index in [-0.39, 0.29) is 0 Å². The summed E-state index contributed by atoms with van der Waals surface area (Å²) in [7, 11) is 0. The van der Waals surface area contributed by atoms with Gasteiger partial charge >= 0.3 is 24.2 Å². The fourth-order valence-electron chi connectivity index (χ4n) is 1.65. The van der Waals surface area contributed by atoms with Crippen LogP contribution in [0.2, 0.25) is 0 Å². The Balaban J connectivity index is 3.12. The zero-order valence-corrected chi connectivity index (χ0v) is 11.9. The Morgan fingerprint density at radius 3 is 2.00 bits per heavy atom. The molecule has 0 spiro atoms. The topological polar surface area (TPSA) is 26.3 Å². The summed E-state index contributed by atoms with van der Waals surface area (Å²) in [5.74, 6) is -29.2. The first-order valence-electron chi connectivity index (χ1n) is 6.19. The molecule has 0 N–H and O–H groups in total. The summed E-state index contributed by atoms with van der Waals surface area (Å²) in [4.78, 5) is 10.3. The average molecular weight is 410 g/mol. The number of allylic oxidation sites excluding steroid dienone is 3. The number of halogens is 12. The number of alkyl halides is 9. The van der Waals surface area contributed by atoms with E-state index in [4.69, 9.17) is 0 Å². The molecule has 0 radical (unpaired) electrons. The second-order valence-electron chi connectivity index (χ2n) is 5.01. The highest BCUT2D eigenvalue weighted by Crippen LogP contribution is 2.49. The molecule has 0 aromatic carbocycles. The highest BCUT2D eigenvalue weighted by atomic mass is 19.4. The second kappa shape index (κ2) is 6.68. The molecule has 1 rings (SSSR count). The van der Waals surface area contributed by atoms with Gasteiger partial charge < -0.3 is 4.74 Å². The first kappa shape index (κ1) is 22.2. The van der Waals surface area contributed by atoms with E-state index in [9.17, 15) is 57.5 Å². The minimum Gasteiger partial charge on any atom is -0.481 e. The Morgan fingerprint density at radius 1 is 1.08 bits per heavy atom. The van der Waals surface area contributed by atoms with Crippen LogP contribution < -0.4 is 0 Å². The molecule has 0 saturated heterocycles. The molecule has 26 heavy (non-hydrogen) atoms. The van der Waals surface area contributed by atoms with Crippen molar-refractivity contribution in [3.8, 4) is 0 Å². The molecule has 0 aromatic heterocycles. The lowest BCUT2D eigenvalue weighted by atomic mass is 9.95. The zero-order chi connectivity index (χ0) is 20.7. The third-order valence-corrected chi connectivity index (χ3v) is 3.15.